The molecule has 4 rings (SSSR count). The van der Waals surface area contributed by atoms with Gasteiger partial charge in [-0.15, -0.1) is 0 Å². The number of aromatic nitrogens is 2. The van der Waals surface area contributed by atoms with Crippen LogP contribution in [-0.2, 0) is 4.79 Å². The number of amides is 1. The first-order valence-electron chi connectivity index (χ1n) is 10.7. The summed E-state index contributed by atoms with van der Waals surface area (Å²) < 4.78 is 2.25. The van der Waals surface area contributed by atoms with Crippen molar-refractivity contribution in [3.63, 3.8) is 0 Å². The van der Waals surface area contributed by atoms with Crippen molar-refractivity contribution in [1.29, 1.82) is 0 Å². The Hall–Kier alpha value is -3.08. The third kappa shape index (κ3) is 3.97. The van der Waals surface area contributed by atoms with E-state index in [0.29, 0.717) is 0 Å². The molecule has 0 atom stereocenters. The van der Waals surface area contributed by atoms with E-state index in [2.05, 4.69) is 66.7 Å². The van der Waals surface area contributed by atoms with E-state index in [1.165, 1.54) is 22.5 Å². The summed E-state index contributed by atoms with van der Waals surface area (Å²) in [4.78, 5) is 19.8. The summed E-state index contributed by atoms with van der Waals surface area (Å²) in [6, 6.07) is 14.5. The van der Waals surface area contributed by atoms with Gasteiger partial charge in [0.05, 0.1) is 5.69 Å². The fourth-order valence-corrected chi connectivity index (χ4v) is 4.27. The molecular weight excluding hydrogens is 372 g/mol. The summed E-state index contributed by atoms with van der Waals surface area (Å²) in [5.74, 6) is 1.15. The Morgan fingerprint density at radius 1 is 0.967 bits per heavy atom. The molecule has 2 aromatic heterocycles. The molecule has 1 aliphatic rings. The van der Waals surface area contributed by atoms with Crippen molar-refractivity contribution in [2.45, 2.75) is 40.5 Å². The molecular formula is C25H30N4O. The minimum Gasteiger partial charge on any atom is -0.355 e. The van der Waals surface area contributed by atoms with Gasteiger partial charge in [0.15, 0.2) is 5.82 Å². The van der Waals surface area contributed by atoms with Gasteiger partial charge in [-0.25, -0.2) is 4.98 Å². The van der Waals surface area contributed by atoms with Crippen LogP contribution in [0.25, 0.3) is 5.69 Å². The van der Waals surface area contributed by atoms with E-state index in [4.69, 9.17) is 4.98 Å². The fourth-order valence-electron chi connectivity index (χ4n) is 4.27. The topological polar surface area (TPSA) is 50.2 Å². The van der Waals surface area contributed by atoms with Crippen molar-refractivity contribution in [2.24, 2.45) is 5.92 Å². The molecule has 1 amide bonds. The van der Waals surface area contributed by atoms with Gasteiger partial charge in [-0.05, 0) is 88.1 Å². The number of carbonyl (C=O) groups excluding carboxylic acids is 1. The summed E-state index contributed by atoms with van der Waals surface area (Å²) in [6.45, 7) is 10.0. The van der Waals surface area contributed by atoms with E-state index in [-0.39, 0.29) is 11.8 Å². The summed E-state index contributed by atoms with van der Waals surface area (Å²) in [5, 5.41) is 3.11. The molecule has 30 heavy (non-hydrogen) atoms. The molecule has 0 unspecified atom stereocenters. The van der Waals surface area contributed by atoms with Crippen LogP contribution in [0.5, 0.6) is 0 Å². The Kier molecular flexibility index (Phi) is 5.62. The van der Waals surface area contributed by atoms with Crippen LogP contribution in [0, 0.1) is 33.6 Å². The third-order valence-corrected chi connectivity index (χ3v) is 6.22. The zero-order chi connectivity index (χ0) is 21.3. The highest BCUT2D eigenvalue weighted by Crippen LogP contribution is 2.29. The second-order valence-electron chi connectivity index (χ2n) is 8.35. The maximum Gasteiger partial charge on any atom is 0.227 e. The van der Waals surface area contributed by atoms with Gasteiger partial charge < -0.3 is 14.8 Å². The molecule has 3 heterocycles. The van der Waals surface area contributed by atoms with Gasteiger partial charge >= 0.3 is 0 Å². The molecule has 5 nitrogen and oxygen atoms in total. The smallest absolute Gasteiger partial charge is 0.227 e. The first-order chi connectivity index (χ1) is 14.4. The maximum absolute atomic E-state index is 12.8. The van der Waals surface area contributed by atoms with Gasteiger partial charge in [0.1, 0.15) is 0 Å². The van der Waals surface area contributed by atoms with E-state index < -0.39 is 0 Å². The number of benzene rings is 1. The molecule has 0 aliphatic carbocycles. The quantitative estimate of drug-likeness (QED) is 0.671. The van der Waals surface area contributed by atoms with Crippen LogP contribution >= 0.6 is 0 Å². The first kappa shape index (κ1) is 20.2. The highest BCUT2D eigenvalue weighted by atomic mass is 16.1. The van der Waals surface area contributed by atoms with E-state index in [0.717, 1.165) is 43.1 Å². The zero-order valence-electron chi connectivity index (χ0n) is 18.3. The molecule has 0 spiro atoms. The van der Waals surface area contributed by atoms with Gasteiger partial charge in [-0.3, -0.25) is 4.79 Å². The number of pyridine rings is 1. The molecule has 1 N–H and O–H groups in total. The molecule has 1 fully saturated rings. The monoisotopic (exact) mass is 402 g/mol. The number of anilines is 2. The molecule has 0 saturated carbocycles. The van der Waals surface area contributed by atoms with Gasteiger partial charge in [0.25, 0.3) is 0 Å². The average molecular weight is 403 g/mol. The predicted octanol–water partition coefficient (Wildman–Crippen LogP) is 4.96. The lowest BCUT2D eigenvalue weighted by molar-refractivity contribution is -0.120. The number of aryl methyl sites for hydroxylation is 4. The lowest BCUT2D eigenvalue weighted by atomic mass is 9.95. The van der Waals surface area contributed by atoms with Crippen LogP contribution in [0.2, 0.25) is 0 Å². The van der Waals surface area contributed by atoms with E-state index in [1.54, 1.807) is 0 Å². The zero-order valence-corrected chi connectivity index (χ0v) is 18.3. The van der Waals surface area contributed by atoms with E-state index >= 15 is 0 Å². The van der Waals surface area contributed by atoms with Crippen LogP contribution in [-0.4, -0.2) is 28.5 Å². The van der Waals surface area contributed by atoms with Crippen LogP contribution in [0.1, 0.15) is 35.4 Å². The third-order valence-electron chi connectivity index (χ3n) is 6.22. The second-order valence-corrected chi connectivity index (χ2v) is 8.35. The molecule has 0 bridgehead atoms. The number of rotatable bonds is 4. The Morgan fingerprint density at radius 3 is 2.33 bits per heavy atom. The van der Waals surface area contributed by atoms with E-state index in [9.17, 15) is 4.79 Å². The average Bonchev–Trinajstić information content (AvgIpc) is 3.09. The predicted molar refractivity (Wildman–Crippen MR) is 123 cm³/mol. The van der Waals surface area contributed by atoms with Crippen LogP contribution in [0.3, 0.4) is 0 Å². The fraction of sp³-hybridized carbons (Fsp3) is 0.360. The van der Waals surface area contributed by atoms with Gasteiger partial charge in [0, 0.05) is 42.3 Å². The van der Waals surface area contributed by atoms with Gasteiger partial charge in [0.2, 0.25) is 5.91 Å². The molecule has 1 aromatic carbocycles. The molecule has 5 heteroatoms. The lowest BCUT2D eigenvalue weighted by Crippen LogP contribution is -2.39. The van der Waals surface area contributed by atoms with Crippen molar-refractivity contribution >= 4 is 17.4 Å². The number of hydrogen-bond acceptors (Lipinski definition) is 3. The molecule has 0 radical (unpaired) electrons. The molecule has 1 aliphatic heterocycles. The summed E-state index contributed by atoms with van der Waals surface area (Å²) in [7, 11) is 0. The number of hydrogen-bond donors (Lipinski definition) is 1. The molecule has 1 saturated heterocycles. The number of piperidine rings is 1. The second kappa shape index (κ2) is 8.34. The van der Waals surface area contributed by atoms with Crippen LogP contribution in [0.4, 0.5) is 11.5 Å². The Morgan fingerprint density at radius 2 is 1.67 bits per heavy atom. The maximum atomic E-state index is 12.8. The largest absolute Gasteiger partial charge is 0.355 e. The van der Waals surface area contributed by atoms with Crippen molar-refractivity contribution in [3.05, 3.63) is 71.2 Å². The first-order valence-corrected chi connectivity index (χ1v) is 10.7. The highest BCUT2D eigenvalue weighted by molar-refractivity contribution is 5.92. The van der Waals surface area contributed by atoms with Gasteiger partial charge in [-0.1, -0.05) is 6.07 Å². The standard InChI is InChI=1S/C25H30N4O/c1-17-7-10-22(16-18(17)2)27-25(30)21-11-14-28(15-12-21)24-23(6-5-13-26-24)29-19(3)8-9-20(29)4/h5-10,13,16,21H,11-12,14-15H2,1-4H3,(H,27,30). The number of carbonyl (C=O) groups is 1. The SMILES string of the molecule is Cc1ccc(NC(=O)C2CCN(c3ncccc3-n3c(C)ccc3C)CC2)cc1C. The molecule has 156 valence electrons. The lowest BCUT2D eigenvalue weighted by Gasteiger charge is -2.33. The van der Waals surface area contributed by atoms with Crippen molar-refractivity contribution in [3.8, 4) is 5.69 Å². The van der Waals surface area contributed by atoms with E-state index in [1.807, 2.05) is 24.4 Å². The highest BCUT2D eigenvalue weighted by Gasteiger charge is 2.27. The Bertz CT molecular complexity index is 1040. The normalized spacial score (nSPS) is 14.7. The number of nitrogens with one attached hydrogen (secondary N) is 1. The van der Waals surface area contributed by atoms with Crippen molar-refractivity contribution in [1.82, 2.24) is 9.55 Å². The van der Waals surface area contributed by atoms with Crippen LogP contribution in [0.15, 0.2) is 48.7 Å². The summed E-state index contributed by atoms with van der Waals surface area (Å²) >= 11 is 0. The van der Waals surface area contributed by atoms with Crippen molar-refractivity contribution in [2.75, 3.05) is 23.3 Å². The van der Waals surface area contributed by atoms with Crippen LogP contribution < -0.4 is 10.2 Å². The summed E-state index contributed by atoms with van der Waals surface area (Å²) in [6.07, 6.45) is 3.51. The minimum absolute atomic E-state index is 0.0325. The Labute approximate surface area is 178 Å². The number of nitrogens with zero attached hydrogens (tertiary/aromatic N) is 3. The summed E-state index contributed by atoms with van der Waals surface area (Å²) in [5.41, 5.74) is 6.82. The van der Waals surface area contributed by atoms with Crippen molar-refractivity contribution < 1.29 is 4.79 Å². The Balaban J connectivity index is 1.45. The minimum atomic E-state index is 0.0325. The van der Waals surface area contributed by atoms with Gasteiger partial charge in [-0.2, -0.15) is 0 Å². The molecule has 3 aromatic rings.